The number of rotatable bonds is 2. The van der Waals surface area contributed by atoms with Gasteiger partial charge in [0.25, 0.3) is 0 Å². The van der Waals surface area contributed by atoms with Crippen molar-refractivity contribution in [2.75, 3.05) is 18.4 Å². The predicted molar refractivity (Wildman–Crippen MR) is 58.9 cm³/mol. The first kappa shape index (κ1) is 10.2. The molecule has 1 aromatic heterocycles. The highest BCUT2D eigenvalue weighted by molar-refractivity contribution is 6.33. The van der Waals surface area contributed by atoms with Crippen LogP contribution in [-0.2, 0) is 0 Å². The summed E-state index contributed by atoms with van der Waals surface area (Å²) >= 11 is 5.99. The van der Waals surface area contributed by atoms with Crippen LogP contribution in [0.1, 0.15) is 12.0 Å². The molecule has 0 spiro atoms. The summed E-state index contributed by atoms with van der Waals surface area (Å²) in [6, 6.07) is 4.00. The van der Waals surface area contributed by atoms with E-state index in [0.717, 1.165) is 19.5 Å². The van der Waals surface area contributed by atoms with Crippen LogP contribution >= 0.6 is 11.6 Å². The summed E-state index contributed by atoms with van der Waals surface area (Å²) in [6.07, 6.45) is 2.59. The molecule has 0 aliphatic carbocycles. The maximum Gasteiger partial charge on any atom is 0.145 e. The molecule has 1 aliphatic heterocycles. The molecular weight excluding hydrogens is 212 g/mol. The Kier molecular flexibility index (Phi) is 3.05. The molecule has 1 atom stereocenters. The quantitative estimate of drug-likeness (QED) is 0.794. The molecule has 0 radical (unpaired) electrons. The normalized spacial score (nSPS) is 19.9. The zero-order valence-electron chi connectivity index (χ0n) is 8.13. The van der Waals surface area contributed by atoms with E-state index in [2.05, 4.69) is 15.6 Å². The first-order valence-corrected chi connectivity index (χ1v) is 5.20. The van der Waals surface area contributed by atoms with Crippen LogP contribution in [0.5, 0.6) is 0 Å². The highest BCUT2D eigenvalue weighted by Crippen LogP contribution is 2.21. The Balaban J connectivity index is 2.11. The lowest BCUT2D eigenvalue weighted by molar-refractivity contribution is 0.788. The number of aromatic nitrogens is 1. The third-order valence-corrected chi connectivity index (χ3v) is 2.66. The Labute approximate surface area is 93.3 Å². The fraction of sp³-hybridized carbons (Fsp3) is 0.400. The topological polar surface area (TPSA) is 60.7 Å². The highest BCUT2D eigenvalue weighted by atomic mass is 35.5. The number of halogens is 1. The summed E-state index contributed by atoms with van der Waals surface area (Å²) in [6.45, 7) is 1.95. The summed E-state index contributed by atoms with van der Waals surface area (Å²) in [4.78, 5) is 4.12. The maximum absolute atomic E-state index is 8.66. The standard InChI is InChI=1S/C10H11ClN4/c11-9-3-7(4-12)5-14-10(9)15-8-1-2-13-6-8/h3,5,8,13H,1-2,6H2,(H,14,15). The fourth-order valence-electron chi connectivity index (χ4n) is 1.58. The lowest BCUT2D eigenvalue weighted by Gasteiger charge is -2.12. The monoisotopic (exact) mass is 222 g/mol. The van der Waals surface area contributed by atoms with Crippen LogP contribution in [0.4, 0.5) is 5.82 Å². The molecule has 5 heteroatoms. The summed E-state index contributed by atoms with van der Waals surface area (Å²) in [5, 5.41) is 15.7. The Morgan fingerprint density at radius 1 is 1.67 bits per heavy atom. The molecule has 1 unspecified atom stereocenters. The van der Waals surface area contributed by atoms with Crippen LogP contribution in [0.2, 0.25) is 5.02 Å². The molecule has 2 heterocycles. The van der Waals surface area contributed by atoms with Crippen LogP contribution in [-0.4, -0.2) is 24.1 Å². The summed E-state index contributed by atoms with van der Waals surface area (Å²) in [7, 11) is 0. The van der Waals surface area contributed by atoms with E-state index in [1.165, 1.54) is 6.20 Å². The van der Waals surface area contributed by atoms with Gasteiger partial charge in [0.2, 0.25) is 0 Å². The number of nitrogens with zero attached hydrogens (tertiary/aromatic N) is 2. The SMILES string of the molecule is N#Cc1cnc(NC2CCNC2)c(Cl)c1. The predicted octanol–water partition coefficient (Wildman–Crippen LogP) is 1.38. The van der Waals surface area contributed by atoms with Gasteiger partial charge in [-0.2, -0.15) is 5.26 Å². The van der Waals surface area contributed by atoms with Crippen molar-refractivity contribution in [3.63, 3.8) is 0 Å². The third-order valence-electron chi connectivity index (χ3n) is 2.37. The lowest BCUT2D eigenvalue weighted by Crippen LogP contribution is -2.22. The van der Waals surface area contributed by atoms with Gasteiger partial charge in [-0.3, -0.25) is 0 Å². The lowest BCUT2D eigenvalue weighted by atomic mass is 10.2. The first-order chi connectivity index (χ1) is 7.29. The van der Waals surface area contributed by atoms with Gasteiger partial charge in [-0.05, 0) is 19.0 Å². The van der Waals surface area contributed by atoms with Gasteiger partial charge in [0.1, 0.15) is 11.9 Å². The molecular formula is C10H11ClN4. The molecule has 1 saturated heterocycles. The van der Waals surface area contributed by atoms with E-state index in [0.29, 0.717) is 22.4 Å². The van der Waals surface area contributed by atoms with E-state index in [-0.39, 0.29) is 0 Å². The first-order valence-electron chi connectivity index (χ1n) is 4.82. The van der Waals surface area contributed by atoms with Crippen molar-refractivity contribution in [2.45, 2.75) is 12.5 Å². The van der Waals surface area contributed by atoms with Crippen molar-refractivity contribution < 1.29 is 0 Å². The molecule has 0 bridgehead atoms. The number of hydrogen-bond acceptors (Lipinski definition) is 4. The minimum absolute atomic E-state index is 0.378. The fourth-order valence-corrected chi connectivity index (χ4v) is 1.80. The molecule has 4 nitrogen and oxygen atoms in total. The van der Waals surface area contributed by atoms with Gasteiger partial charge in [0.15, 0.2) is 0 Å². The van der Waals surface area contributed by atoms with Gasteiger partial charge in [0, 0.05) is 18.8 Å². The summed E-state index contributed by atoms with van der Waals surface area (Å²) in [5.41, 5.74) is 0.482. The van der Waals surface area contributed by atoms with Gasteiger partial charge >= 0.3 is 0 Å². The van der Waals surface area contributed by atoms with E-state index in [1.54, 1.807) is 6.07 Å². The van der Waals surface area contributed by atoms with E-state index >= 15 is 0 Å². The van der Waals surface area contributed by atoms with Crippen LogP contribution < -0.4 is 10.6 Å². The van der Waals surface area contributed by atoms with Crippen molar-refractivity contribution in [2.24, 2.45) is 0 Å². The smallest absolute Gasteiger partial charge is 0.145 e. The van der Waals surface area contributed by atoms with Crippen molar-refractivity contribution in [3.05, 3.63) is 22.8 Å². The molecule has 2 N–H and O–H groups in total. The number of nitriles is 1. The minimum Gasteiger partial charge on any atom is -0.365 e. The van der Waals surface area contributed by atoms with Crippen LogP contribution in [0.3, 0.4) is 0 Å². The Bertz CT molecular complexity index is 393. The molecule has 0 amide bonds. The van der Waals surface area contributed by atoms with Gasteiger partial charge in [-0.15, -0.1) is 0 Å². The summed E-state index contributed by atoms with van der Waals surface area (Å²) in [5.74, 6) is 0.657. The van der Waals surface area contributed by atoms with E-state index in [1.807, 2.05) is 6.07 Å². The largest absolute Gasteiger partial charge is 0.365 e. The summed E-state index contributed by atoms with van der Waals surface area (Å²) < 4.78 is 0. The molecule has 1 aliphatic rings. The van der Waals surface area contributed by atoms with Gasteiger partial charge in [-0.1, -0.05) is 11.6 Å². The number of hydrogen-bond donors (Lipinski definition) is 2. The average Bonchev–Trinajstić information content (AvgIpc) is 2.74. The molecule has 0 saturated carbocycles. The number of nitrogens with one attached hydrogen (secondary N) is 2. The number of anilines is 1. The molecule has 1 fully saturated rings. The molecule has 15 heavy (non-hydrogen) atoms. The Morgan fingerprint density at radius 3 is 3.13 bits per heavy atom. The van der Waals surface area contributed by atoms with Gasteiger partial charge in [-0.25, -0.2) is 4.98 Å². The minimum atomic E-state index is 0.378. The van der Waals surface area contributed by atoms with E-state index in [4.69, 9.17) is 16.9 Å². The van der Waals surface area contributed by atoms with Gasteiger partial charge in [0.05, 0.1) is 10.6 Å². The van der Waals surface area contributed by atoms with Crippen molar-refractivity contribution in [1.29, 1.82) is 5.26 Å². The van der Waals surface area contributed by atoms with Gasteiger partial charge < -0.3 is 10.6 Å². The Morgan fingerprint density at radius 2 is 2.53 bits per heavy atom. The number of pyridine rings is 1. The van der Waals surface area contributed by atoms with Crippen molar-refractivity contribution in [3.8, 4) is 6.07 Å². The molecule has 1 aromatic rings. The molecule has 78 valence electrons. The molecule has 0 aromatic carbocycles. The average molecular weight is 223 g/mol. The zero-order chi connectivity index (χ0) is 10.7. The zero-order valence-corrected chi connectivity index (χ0v) is 8.88. The van der Waals surface area contributed by atoms with Crippen LogP contribution in [0.25, 0.3) is 0 Å². The Hall–Kier alpha value is -1.31. The van der Waals surface area contributed by atoms with E-state index in [9.17, 15) is 0 Å². The van der Waals surface area contributed by atoms with Crippen molar-refractivity contribution in [1.82, 2.24) is 10.3 Å². The van der Waals surface area contributed by atoms with E-state index < -0.39 is 0 Å². The second kappa shape index (κ2) is 4.47. The molecule has 2 rings (SSSR count). The third kappa shape index (κ3) is 2.38. The highest BCUT2D eigenvalue weighted by Gasteiger charge is 2.15. The maximum atomic E-state index is 8.66. The second-order valence-corrected chi connectivity index (χ2v) is 3.91. The second-order valence-electron chi connectivity index (χ2n) is 3.50. The van der Waals surface area contributed by atoms with Crippen LogP contribution in [0.15, 0.2) is 12.3 Å². The van der Waals surface area contributed by atoms with Crippen molar-refractivity contribution >= 4 is 17.4 Å². The van der Waals surface area contributed by atoms with Crippen LogP contribution in [0, 0.1) is 11.3 Å².